The largest absolute Gasteiger partial charge is 0.489 e. The van der Waals surface area contributed by atoms with E-state index >= 15 is 0 Å². The molecule has 0 bridgehead atoms. The average Bonchev–Trinajstić information content (AvgIpc) is 3.16. The first-order valence-electron chi connectivity index (χ1n) is 11.9. The van der Waals surface area contributed by atoms with Crippen molar-refractivity contribution in [3.8, 4) is 11.5 Å². The smallest absolute Gasteiger partial charge is 0.343 e. The zero-order valence-corrected chi connectivity index (χ0v) is 22.8. The van der Waals surface area contributed by atoms with Gasteiger partial charge in [-0.15, -0.1) is 0 Å². The topological polar surface area (TPSA) is 84.9 Å². The Balaban J connectivity index is 1.20. The number of nitrogens with zero attached hydrogens (tertiary/aromatic N) is 1. The zero-order chi connectivity index (χ0) is 28.2. The lowest BCUT2D eigenvalue weighted by Crippen LogP contribution is -2.32. The van der Waals surface area contributed by atoms with Gasteiger partial charge in [-0.25, -0.2) is 9.69 Å². The second-order valence-electron chi connectivity index (χ2n) is 8.60. The number of imide groups is 1. The van der Waals surface area contributed by atoms with Crippen LogP contribution in [0.25, 0.3) is 0 Å². The Morgan fingerprint density at radius 1 is 0.750 bits per heavy atom. The maximum Gasteiger partial charge on any atom is 0.343 e. The van der Waals surface area contributed by atoms with Gasteiger partial charge in [-0.05, 0) is 72.3 Å². The van der Waals surface area contributed by atoms with E-state index in [2.05, 4.69) is 5.32 Å². The minimum absolute atomic E-state index is 0.118. The number of nitrogens with one attached hydrogen (secondary N) is 1. The Bertz CT molecular complexity index is 1600. The van der Waals surface area contributed by atoms with Crippen LogP contribution in [0.3, 0.4) is 0 Å². The molecule has 0 unspecified atom stereocenters. The van der Waals surface area contributed by atoms with E-state index in [4.69, 9.17) is 44.3 Å². The molecule has 10 heteroatoms. The summed E-state index contributed by atoms with van der Waals surface area (Å²) in [6.45, 7) is 0.426. The van der Waals surface area contributed by atoms with Crippen molar-refractivity contribution in [3.05, 3.63) is 129 Å². The third-order valence-electron chi connectivity index (χ3n) is 5.81. The normalized spacial score (nSPS) is 13.0. The van der Waals surface area contributed by atoms with Crippen molar-refractivity contribution in [2.75, 3.05) is 10.2 Å². The summed E-state index contributed by atoms with van der Waals surface area (Å²) in [6.07, 6.45) is 0. The van der Waals surface area contributed by atoms with Crippen molar-refractivity contribution < 1.29 is 23.9 Å². The van der Waals surface area contributed by atoms with E-state index in [0.29, 0.717) is 23.8 Å². The molecule has 0 saturated heterocycles. The number of ether oxygens (including phenoxy) is 2. The molecular weight excluding hydrogens is 575 g/mol. The number of hydrogen-bond donors (Lipinski definition) is 1. The Morgan fingerprint density at radius 3 is 2.02 bits per heavy atom. The minimum atomic E-state index is -0.718. The van der Waals surface area contributed by atoms with Gasteiger partial charge in [0.25, 0.3) is 11.8 Å². The van der Waals surface area contributed by atoms with Gasteiger partial charge in [0, 0.05) is 15.7 Å². The van der Waals surface area contributed by atoms with Crippen molar-refractivity contribution >= 4 is 64.0 Å². The number of amides is 2. The lowest BCUT2D eigenvalue weighted by atomic mass is 10.2. The summed E-state index contributed by atoms with van der Waals surface area (Å²) in [5.74, 6) is -0.966. The van der Waals surface area contributed by atoms with Crippen LogP contribution in [-0.2, 0) is 16.2 Å². The predicted octanol–water partition coefficient (Wildman–Crippen LogP) is 7.23. The molecule has 0 fully saturated rings. The number of carbonyl (C=O) groups is 3. The number of benzene rings is 4. The Morgan fingerprint density at radius 2 is 1.38 bits per heavy atom. The molecule has 1 N–H and O–H groups in total. The third-order valence-corrected chi connectivity index (χ3v) is 6.59. The van der Waals surface area contributed by atoms with Crippen molar-refractivity contribution in [3.63, 3.8) is 0 Å². The van der Waals surface area contributed by atoms with Gasteiger partial charge < -0.3 is 14.8 Å². The molecule has 7 nitrogen and oxygen atoms in total. The molecule has 40 heavy (non-hydrogen) atoms. The maximum atomic E-state index is 13.0. The fourth-order valence-corrected chi connectivity index (χ4v) is 4.59. The van der Waals surface area contributed by atoms with E-state index < -0.39 is 17.8 Å². The van der Waals surface area contributed by atoms with Gasteiger partial charge in [-0.3, -0.25) is 9.59 Å². The molecule has 4 aromatic rings. The van der Waals surface area contributed by atoms with Crippen LogP contribution in [0.5, 0.6) is 11.5 Å². The summed E-state index contributed by atoms with van der Waals surface area (Å²) in [7, 11) is 0. The summed E-state index contributed by atoms with van der Waals surface area (Å²) in [4.78, 5) is 39.2. The summed E-state index contributed by atoms with van der Waals surface area (Å²) < 4.78 is 11.2. The first-order valence-corrected chi connectivity index (χ1v) is 13.0. The van der Waals surface area contributed by atoms with Gasteiger partial charge in [0.1, 0.15) is 28.8 Å². The monoisotopic (exact) mass is 592 g/mol. The number of esters is 1. The molecular formula is C30H19Cl3N2O5. The van der Waals surface area contributed by atoms with Crippen LogP contribution in [0.15, 0.2) is 108 Å². The summed E-state index contributed by atoms with van der Waals surface area (Å²) in [5.41, 5.74) is 1.82. The molecule has 0 spiro atoms. The molecule has 0 aliphatic carbocycles. The zero-order valence-electron chi connectivity index (χ0n) is 20.6. The van der Waals surface area contributed by atoms with Crippen LogP contribution in [0.1, 0.15) is 15.9 Å². The van der Waals surface area contributed by atoms with E-state index in [1.807, 2.05) is 30.3 Å². The lowest BCUT2D eigenvalue weighted by Gasteiger charge is -2.16. The molecule has 4 aromatic carbocycles. The summed E-state index contributed by atoms with van der Waals surface area (Å²) >= 11 is 18.2. The van der Waals surface area contributed by atoms with E-state index in [9.17, 15) is 14.4 Å². The van der Waals surface area contributed by atoms with Gasteiger partial charge >= 0.3 is 5.97 Å². The highest BCUT2D eigenvalue weighted by molar-refractivity contribution is 6.53. The maximum absolute atomic E-state index is 13.0. The summed E-state index contributed by atoms with van der Waals surface area (Å²) in [6, 6.07) is 27.0. The molecule has 0 saturated carbocycles. The first-order chi connectivity index (χ1) is 19.3. The number of halogens is 3. The second-order valence-corrected chi connectivity index (χ2v) is 9.85. The molecule has 5 rings (SSSR count). The van der Waals surface area contributed by atoms with Crippen LogP contribution >= 0.6 is 34.8 Å². The highest BCUT2D eigenvalue weighted by atomic mass is 35.5. The highest BCUT2D eigenvalue weighted by Gasteiger charge is 2.39. The molecule has 1 heterocycles. The van der Waals surface area contributed by atoms with Crippen molar-refractivity contribution in [2.24, 2.45) is 0 Å². The Kier molecular flexibility index (Phi) is 8.07. The average molecular weight is 594 g/mol. The second kappa shape index (κ2) is 11.8. The van der Waals surface area contributed by atoms with Crippen LogP contribution in [0.2, 0.25) is 10.0 Å². The number of carbonyl (C=O) groups excluding carboxylic acids is 3. The molecule has 1 aliphatic rings. The number of rotatable bonds is 8. The highest BCUT2D eigenvalue weighted by Crippen LogP contribution is 2.33. The van der Waals surface area contributed by atoms with Crippen molar-refractivity contribution in [1.29, 1.82) is 0 Å². The van der Waals surface area contributed by atoms with Gasteiger partial charge in [0.15, 0.2) is 0 Å². The van der Waals surface area contributed by atoms with Crippen molar-refractivity contribution in [1.82, 2.24) is 0 Å². The van der Waals surface area contributed by atoms with E-state index in [1.54, 1.807) is 36.4 Å². The summed E-state index contributed by atoms with van der Waals surface area (Å²) in [5, 5.41) is 3.08. The number of anilines is 2. The fraction of sp³-hybridized carbons (Fsp3) is 0.0333. The molecule has 200 valence electrons. The molecule has 0 aromatic heterocycles. The van der Waals surface area contributed by atoms with Crippen LogP contribution in [-0.4, -0.2) is 17.8 Å². The quantitative estimate of drug-likeness (QED) is 0.132. The van der Waals surface area contributed by atoms with Gasteiger partial charge in [0.2, 0.25) is 0 Å². The van der Waals surface area contributed by atoms with E-state index in [-0.39, 0.29) is 32.0 Å². The fourth-order valence-electron chi connectivity index (χ4n) is 3.86. The molecule has 1 aliphatic heterocycles. The van der Waals surface area contributed by atoms with Gasteiger partial charge in [-0.2, -0.15) is 0 Å². The minimum Gasteiger partial charge on any atom is -0.489 e. The lowest BCUT2D eigenvalue weighted by molar-refractivity contribution is -0.120. The molecule has 2 amide bonds. The van der Waals surface area contributed by atoms with E-state index in [1.165, 1.54) is 30.3 Å². The van der Waals surface area contributed by atoms with E-state index in [0.717, 1.165) is 10.5 Å². The van der Waals surface area contributed by atoms with Gasteiger partial charge in [-0.1, -0.05) is 65.1 Å². The van der Waals surface area contributed by atoms with Crippen LogP contribution < -0.4 is 19.7 Å². The molecule has 0 radical (unpaired) electrons. The molecule has 0 atom stereocenters. The third kappa shape index (κ3) is 6.13. The Hall–Kier alpha value is -4.30. The van der Waals surface area contributed by atoms with Crippen LogP contribution in [0, 0.1) is 0 Å². The predicted molar refractivity (Wildman–Crippen MR) is 154 cm³/mol. The van der Waals surface area contributed by atoms with Crippen molar-refractivity contribution in [2.45, 2.75) is 6.61 Å². The van der Waals surface area contributed by atoms with Gasteiger partial charge in [0.05, 0.1) is 11.3 Å². The SMILES string of the molecule is O=C(Oc1ccc(OCc2ccccc2)cc1)c1ccc(NC2=C(Cl)C(=O)N(c3cc(Cl)cc(Cl)c3)C2=O)cc1. The van der Waals surface area contributed by atoms with Crippen LogP contribution in [0.4, 0.5) is 11.4 Å². The first kappa shape index (κ1) is 27.3. The Labute approximate surface area is 244 Å². The standard InChI is InChI=1S/C30H19Cl3N2O5/c31-20-14-21(32)16-23(15-20)35-28(36)26(33)27(29(35)37)34-22-8-6-19(7-9-22)30(38)40-25-12-10-24(11-13-25)39-17-18-4-2-1-3-5-18/h1-16,34H,17H2. The number of hydrogen-bond acceptors (Lipinski definition) is 6.